The van der Waals surface area contributed by atoms with Crippen LogP contribution in [0.2, 0.25) is 19.6 Å². The highest BCUT2D eigenvalue weighted by atomic mass is 32.2. The summed E-state index contributed by atoms with van der Waals surface area (Å²) >= 11 is 0. The Balaban J connectivity index is 2.09. The highest BCUT2D eigenvalue weighted by molar-refractivity contribution is 7.89. The van der Waals surface area contributed by atoms with Crippen LogP contribution in [0.3, 0.4) is 0 Å². The molecule has 1 aromatic carbocycles. The molecular weight excluding hydrogens is 406 g/mol. The lowest BCUT2D eigenvalue weighted by Gasteiger charge is -2.38. The lowest BCUT2D eigenvalue weighted by atomic mass is 9.89. The van der Waals surface area contributed by atoms with Crippen LogP contribution in [0.15, 0.2) is 39.9 Å². The minimum Gasteiger partial charge on any atom is -0.465 e. The van der Waals surface area contributed by atoms with Crippen molar-refractivity contribution in [1.82, 2.24) is 4.31 Å². The van der Waals surface area contributed by atoms with Crippen molar-refractivity contribution >= 4 is 29.8 Å². The van der Waals surface area contributed by atoms with E-state index in [1.807, 2.05) is 6.92 Å². The van der Waals surface area contributed by atoms with E-state index in [2.05, 4.69) is 19.6 Å². The summed E-state index contributed by atoms with van der Waals surface area (Å²) in [4.78, 5) is 25.6. The normalized spacial score (nSPS) is 23.3. The highest BCUT2D eigenvalue weighted by Gasteiger charge is 2.49. The smallest absolute Gasteiger partial charge is 0.324 e. The molecule has 0 spiro atoms. The number of nitrogens with zero attached hydrogens (tertiary/aromatic N) is 1. The lowest BCUT2D eigenvalue weighted by molar-refractivity contribution is -0.148. The average molecular weight is 436 g/mol. The van der Waals surface area contributed by atoms with E-state index in [-0.39, 0.29) is 29.7 Å². The van der Waals surface area contributed by atoms with Gasteiger partial charge in [-0.15, -0.1) is 0 Å². The molecule has 1 aliphatic heterocycles. The van der Waals surface area contributed by atoms with E-state index in [0.717, 1.165) is 16.3 Å². The van der Waals surface area contributed by atoms with Gasteiger partial charge in [-0.2, -0.15) is 4.31 Å². The maximum Gasteiger partial charge on any atom is 0.324 e. The SMILES string of the molecule is CCOC(=O)C1CC2CC(=O)C([Si](C)(C)C)=C2CN1S(=O)(=O)c1ccc(C)cc1. The summed E-state index contributed by atoms with van der Waals surface area (Å²) in [5, 5.41) is 0.842. The lowest BCUT2D eigenvalue weighted by Crippen LogP contribution is -2.51. The maximum atomic E-state index is 13.5. The molecule has 0 saturated carbocycles. The number of allylic oxidation sites excluding steroid dienone is 1. The van der Waals surface area contributed by atoms with Crippen molar-refractivity contribution in [3.63, 3.8) is 0 Å². The van der Waals surface area contributed by atoms with E-state index in [1.165, 1.54) is 4.31 Å². The number of hydrogen-bond donors (Lipinski definition) is 0. The number of rotatable bonds is 5. The van der Waals surface area contributed by atoms with Crippen molar-refractivity contribution in [2.24, 2.45) is 5.92 Å². The van der Waals surface area contributed by atoms with Crippen LogP contribution >= 0.6 is 0 Å². The molecule has 1 heterocycles. The van der Waals surface area contributed by atoms with E-state index in [0.29, 0.717) is 12.8 Å². The summed E-state index contributed by atoms with van der Waals surface area (Å²) in [6, 6.07) is 5.69. The molecule has 0 bridgehead atoms. The Labute approximate surface area is 174 Å². The van der Waals surface area contributed by atoms with Gasteiger partial charge in [-0.05, 0) is 49.1 Å². The fraction of sp³-hybridized carbons (Fsp3) is 0.524. The Morgan fingerprint density at radius 2 is 1.83 bits per heavy atom. The molecule has 0 aromatic heterocycles. The van der Waals surface area contributed by atoms with Gasteiger partial charge in [-0.3, -0.25) is 9.59 Å². The van der Waals surface area contributed by atoms with Gasteiger partial charge in [0.2, 0.25) is 10.0 Å². The molecule has 0 amide bonds. The number of sulfonamides is 1. The molecule has 1 saturated heterocycles. The number of piperidine rings is 1. The van der Waals surface area contributed by atoms with Crippen LogP contribution in [0.5, 0.6) is 0 Å². The summed E-state index contributed by atoms with van der Waals surface area (Å²) in [5.41, 5.74) is 1.86. The van der Waals surface area contributed by atoms with Gasteiger partial charge in [0.25, 0.3) is 0 Å². The summed E-state index contributed by atoms with van der Waals surface area (Å²) in [6.45, 7) is 10.2. The van der Waals surface area contributed by atoms with Crippen molar-refractivity contribution in [1.29, 1.82) is 0 Å². The van der Waals surface area contributed by atoms with E-state index >= 15 is 0 Å². The quantitative estimate of drug-likeness (QED) is 0.524. The van der Waals surface area contributed by atoms with Gasteiger partial charge >= 0.3 is 5.97 Å². The van der Waals surface area contributed by atoms with Crippen LogP contribution in [0.1, 0.15) is 25.3 Å². The van der Waals surface area contributed by atoms with Crippen molar-refractivity contribution in [3.05, 3.63) is 40.6 Å². The standard InChI is InChI=1S/C21H29NO5SSi/c1-6-27-21(24)18-11-15-12-19(23)20(29(3,4)5)17(15)13-22(18)28(25,26)16-9-7-14(2)8-10-16/h7-10,15,18H,6,11-13H2,1-5H3. The van der Waals surface area contributed by atoms with Crippen LogP contribution in [0, 0.1) is 12.8 Å². The van der Waals surface area contributed by atoms with Crippen LogP contribution in [0.4, 0.5) is 0 Å². The number of esters is 1. The van der Waals surface area contributed by atoms with Gasteiger partial charge < -0.3 is 4.74 Å². The number of carbonyl (C=O) groups is 2. The van der Waals surface area contributed by atoms with Gasteiger partial charge in [0.1, 0.15) is 6.04 Å². The number of fused-ring (bicyclic) bond motifs is 1. The number of ether oxygens (including phenoxy) is 1. The first-order chi connectivity index (χ1) is 13.5. The second-order valence-electron chi connectivity index (χ2n) is 8.84. The first-order valence-corrected chi connectivity index (χ1v) is 14.9. The molecule has 0 N–H and O–H groups in total. The van der Waals surface area contributed by atoms with Gasteiger partial charge in [-0.1, -0.05) is 37.3 Å². The zero-order valence-electron chi connectivity index (χ0n) is 17.7. The van der Waals surface area contributed by atoms with E-state index in [9.17, 15) is 18.0 Å². The Morgan fingerprint density at radius 1 is 1.21 bits per heavy atom. The fourth-order valence-corrected chi connectivity index (χ4v) is 8.13. The van der Waals surface area contributed by atoms with Crippen LogP contribution in [-0.4, -0.2) is 51.7 Å². The van der Waals surface area contributed by atoms with Crippen LogP contribution in [-0.2, 0) is 24.3 Å². The average Bonchev–Trinajstić information content (AvgIpc) is 2.96. The van der Waals surface area contributed by atoms with Gasteiger partial charge in [-0.25, -0.2) is 8.42 Å². The number of ketones is 1. The molecular formula is C21H29NO5SSi. The predicted molar refractivity (Wildman–Crippen MR) is 114 cm³/mol. The van der Waals surface area contributed by atoms with Gasteiger partial charge in [0, 0.05) is 13.0 Å². The molecule has 1 aromatic rings. The van der Waals surface area contributed by atoms with Crippen molar-refractivity contribution < 1.29 is 22.7 Å². The highest BCUT2D eigenvalue weighted by Crippen LogP contribution is 2.43. The molecule has 29 heavy (non-hydrogen) atoms. The van der Waals surface area contributed by atoms with Crippen molar-refractivity contribution in [2.75, 3.05) is 13.2 Å². The third-order valence-corrected chi connectivity index (χ3v) is 9.61. The van der Waals surface area contributed by atoms with Gasteiger partial charge in [0.05, 0.1) is 19.6 Å². The number of hydrogen-bond acceptors (Lipinski definition) is 5. The maximum absolute atomic E-state index is 13.5. The second-order valence-corrected chi connectivity index (χ2v) is 15.7. The predicted octanol–water partition coefficient (Wildman–Crippen LogP) is 3.08. The van der Waals surface area contributed by atoms with Crippen LogP contribution in [0.25, 0.3) is 0 Å². The summed E-state index contributed by atoms with van der Waals surface area (Å²) in [6.07, 6.45) is 0.655. The fourth-order valence-electron chi connectivity index (χ4n) is 4.38. The Morgan fingerprint density at radius 3 is 2.38 bits per heavy atom. The molecule has 1 aliphatic carbocycles. The minimum absolute atomic E-state index is 0.0791. The molecule has 2 unspecified atom stereocenters. The molecule has 0 radical (unpaired) electrons. The van der Waals surface area contributed by atoms with Gasteiger partial charge in [0.15, 0.2) is 5.78 Å². The number of carbonyl (C=O) groups excluding carboxylic acids is 2. The Bertz CT molecular complexity index is 960. The zero-order valence-corrected chi connectivity index (χ0v) is 19.5. The zero-order chi connectivity index (χ0) is 21.6. The third kappa shape index (κ3) is 4.11. The summed E-state index contributed by atoms with van der Waals surface area (Å²) in [7, 11) is -5.86. The van der Waals surface area contributed by atoms with Crippen molar-refractivity contribution in [2.45, 2.75) is 57.3 Å². The summed E-state index contributed by atoms with van der Waals surface area (Å²) < 4.78 is 33.4. The van der Waals surface area contributed by atoms with Crippen LogP contribution < -0.4 is 0 Å². The molecule has 6 nitrogen and oxygen atoms in total. The third-order valence-electron chi connectivity index (χ3n) is 5.64. The number of benzene rings is 1. The monoisotopic (exact) mass is 435 g/mol. The number of Topliss-reactive ketones (excluding diaryl/α,β-unsaturated/α-hetero) is 1. The topological polar surface area (TPSA) is 80.8 Å². The molecule has 8 heteroatoms. The Kier molecular flexibility index (Phi) is 5.90. The first-order valence-electron chi connectivity index (χ1n) is 9.98. The van der Waals surface area contributed by atoms with Crippen molar-refractivity contribution in [3.8, 4) is 0 Å². The molecule has 1 fully saturated rings. The Hall–Kier alpha value is -1.77. The van der Waals surface area contributed by atoms with E-state index in [1.54, 1.807) is 31.2 Å². The molecule has 3 rings (SSSR count). The molecule has 2 atom stereocenters. The van der Waals surface area contributed by atoms with E-state index in [4.69, 9.17) is 4.74 Å². The van der Waals surface area contributed by atoms with E-state index < -0.39 is 30.1 Å². The molecule has 2 aliphatic rings. The molecule has 158 valence electrons. The largest absolute Gasteiger partial charge is 0.465 e. The number of aryl methyl sites for hydroxylation is 1. The summed E-state index contributed by atoms with van der Waals surface area (Å²) in [5.74, 6) is -0.513. The minimum atomic E-state index is -3.91. The first kappa shape index (κ1) is 21.9. The second kappa shape index (κ2) is 7.81.